The van der Waals surface area contributed by atoms with Gasteiger partial charge in [-0.05, 0) is 0 Å². The molecule has 0 radical (unpaired) electrons. The number of benzene rings is 2. The molecule has 2 nitrogen and oxygen atoms in total. The second-order valence-electron chi connectivity index (χ2n) is 5.38. The molecule has 130 valence electrons. The van der Waals surface area contributed by atoms with Crippen LogP contribution in [0.1, 0.15) is 38.2 Å². The minimum atomic E-state index is -1.55. The van der Waals surface area contributed by atoms with Gasteiger partial charge in [-0.1, -0.05) is 0 Å². The SMILES string of the molecule is CCCCC[CH2][Co](=[O])[c]1cc[c]([Co](=[O])[c]2ccc(C)cc2)cc1. The van der Waals surface area contributed by atoms with Crippen LogP contribution in [0.15, 0.2) is 48.5 Å². The average Bonchev–Trinajstić information content (AvgIpc) is 2.59. The predicted molar refractivity (Wildman–Crippen MR) is 86.8 cm³/mol. The molecule has 0 aromatic heterocycles. The fraction of sp³-hybridized carbons (Fsp3) is 0.368. The Hall–Kier alpha value is -0.947. The molecule has 0 aliphatic rings. The maximum absolute atomic E-state index is 12.6. The van der Waals surface area contributed by atoms with Crippen molar-refractivity contribution in [2.45, 2.75) is 44.9 Å². The van der Waals surface area contributed by atoms with E-state index in [0.29, 0.717) is 0 Å². The molecule has 2 aromatic carbocycles. The molecule has 0 unspecified atom stereocenters. The first-order valence-corrected chi connectivity index (χ1v) is 11.0. The standard InChI is InChI=1S/C7H7.C6H4.C6H13.2Co.2O/c1-7-5-3-2-4-6-7;1-2-4-6-5-3-1;1-3-5-6-4-2;;;;/h3-6H,1H3;1-2,5-6H;1,3-6H2,2H3;;;;. The summed E-state index contributed by atoms with van der Waals surface area (Å²) in [4.78, 5) is 0. The van der Waals surface area contributed by atoms with E-state index < -0.39 is 27.2 Å². The zero-order valence-electron chi connectivity index (χ0n) is 13.6. The summed E-state index contributed by atoms with van der Waals surface area (Å²) >= 11 is -2.86. The van der Waals surface area contributed by atoms with Crippen molar-refractivity contribution in [1.82, 2.24) is 0 Å². The van der Waals surface area contributed by atoms with Crippen LogP contribution in [0.3, 0.4) is 0 Å². The normalized spacial score (nSPS) is 12.1. The first-order valence-electron chi connectivity index (χ1n) is 7.86. The Labute approximate surface area is 147 Å². The molecular formula is C19H24Co2O2. The molecular weight excluding hydrogens is 378 g/mol. The monoisotopic (exact) mass is 402 g/mol. The van der Waals surface area contributed by atoms with Gasteiger partial charge >= 0.3 is 147 Å². The molecule has 4 heteroatoms. The third-order valence-electron chi connectivity index (χ3n) is 3.46. The second-order valence-corrected chi connectivity index (χ2v) is 9.27. The van der Waals surface area contributed by atoms with Crippen LogP contribution in [0.5, 0.6) is 0 Å². The second kappa shape index (κ2) is 9.37. The number of aryl methyl sites for hydroxylation is 1. The fourth-order valence-electron chi connectivity index (χ4n) is 2.09. The van der Waals surface area contributed by atoms with Crippen molar-refractivity contribution >= 4 is 13.5 Å². The van der Waals surface area contributed by atoms with E-state index in [1.807, 2.05) is 55.5 Å². The summed E-state index contributed by atoms with van der Waals surface area (Å²) in [7, 11) is 0. The van der Waals surface area contributed by atoms with Crippen LogP contribution in [0.4, 0.5) is 0 Å². The Morgan fingerprint density at radius 2 is 1.26 bits per heavy atom. The molecule has 23 heavy (non-hydrogen) atoms. The van der Waals surface area contributed by atoms with Crippen LogP contribution < -0.4 is 13.5 Å². The van der Waals surface area contributed by atoms with E-state index >= 15 is 0 Å². The van der Waals surface area contributed by atoms with Gasteiger partial charge in [0.2, 0.25) is 0 Å². The van der Waals surface area contributed by atoms with Gasteiger partial charge in [0.1, 0.15) is 0 Å². The van der Waals surface area contributed by atoms with Crippen molar-refractivity contribution in [3.63, 3.8) is 0 Å². The molecule has 0 aliphatic heterocycles. The maximum atomic E-state index is 12.6. The van der Waals surface area contributed by atoms with Crippen molar-refractivity contribution in [1.29, 1.82) is 0 Å². The Morgan fingerprint density at radius 3 is 1.83 bits per heavy atom. The molecule has 0 bridgehead atoms. The Bertz CT molecular complexity index is 661. The third-order valence-corrected chi connectivity index (χ3v) is 7.10. The van der Waals surface area contributed by atoms with Gasteiger partial charge in [0.15, 0.2) is 0 Å². The summed E-state index contributed by atoms with van der Waals surface area (Å²) in [6.07, 6.45) is 4.56. The molecule has 0 aliphatic carbocycles. The van der Waals surface area contributed by atoms with Crippen LogP contribution in [-0.2, 0) is 34.9 Å². The third kappa shape index (κ3) is 5.57. The van der Waals surface area contributed by atoms with Crippen LogP contribution in [0, 0.1) is 6.92 Å². The minimum absolute atomic E-state index is 0.746. The summed E-state index contributed by atoms with van der Waals surface area (Å²) in [6.45, 7) is 4.19. The van der Waals surface area contributed by atoms with Crippen molar-refractivity contribution in [2.75, 3.05) is 0 Å². The van der Waals surface area contributed by atoms with Gasteiger partial charge in [0, 0.05) is 0 Å². The molecule has 0 saturated carbocycles. The molecule has 0 amide bonds. The molecule has 0 heterocycles. The van der Waals surface area contributed by atoms with E-state index in [9.17, 15) is 7.73 Å². The zero-order valence-corrected chi connectivity index (χ0v) is 15.7. The molecule has 0 atom stereocenters. The number of rotatable bonds is 8. The van der Waals surface area contributed by atoms with E-state index in [0.717, 1.165) is 37.3 Å². The Balaban J connectivity index is 2.00. The molecule has 0 spiro atoms. The van der Waals surface area contributed by atoms with Crippen molar-refractivity contribution < 1.29 is 34.9 Å². The summed E-state index contributed by atoms with van der Waals surface area (Å²) in [6, 6.07) is 15.2. The Kier molecular flexibility index (Phi) is 7.50. The van der Waals surface area contributed by atoms with E-state index in [2.05, 4.69) is 6.92 Å². The number of unbranched alkanes of at least 4 members (excludes halogenated alkanes) is 3. The van der Waals surface area contributed by atoms with Gasteiger partial charge in [-0.3, -0.25) is 0 Å². The molecule has 0 fully saturated rings. The molecule has 2 rings (SSSR count). The molecule has 2 aromatic rings. The zero-order chi connectivity index (χ0) is 16.7. The van der Waals surface area contributed by atoms with Crippen molar-refractivity contribution in [3.05, 3.63) is 54.1 Å². The van der Waals surface area contributed by atoms with Gasteiger partial charge in [-0.25, -0.2) is 0 Å². The summed E-state index contributed by atoms with van der Waals surface area (Å²) in [5.74, 6) is 0. The molecule has 0 saturated heterocycles. The van der Waals surface area contributed by atoms with Gasteiger partial charge in [0.05, 0.1) is 0 Å². The predicted octanol–water partition coefficient (Wildman–Crippen LogP) is 3.50. The summed E-state index contributed by atoms with van der Waals surface area (Å²) in [5.41, 5.74) is 1.16. The van der Waals surface area contributed by atoms with E-state index in [1.165, 1.54) is 12.8 Å². The van der Waals surface area contributed by atoms with E-state index in [1.54, 1.807) is 0 Å². The fourth-order valence-corrected chi connectivity index (χ4v) is 4.87. The van der Waals surface area contributed by atoms with Crippen LogP contribution >= 0.6 is 0 Å². The van der Waals surface area contributed by atoms with E-state index in [-0.39, 0.29) is 0 Å². The van der Waals surface area contributed by atoms with E-state index in [4.69, 9.17) is 0 Å². The summed E-state index contributed by atoms with van der Waals surface area (Å²) < 4.78 is 27.3. The summed E-state index contributed by atoms with van der Waals surface area (Å²) in [5, 5.41) is 0.746. The van der Waals surface area contributed by atoms with Crippen molar-refractivity contribution in [3.8, 4) is 0 Å². The first-order chi connectivity index (χ1) is 11.1. The number of hydrogen-bond donors (Lipinski definition) is 0. The van der Waals surface area contributed by atoms with Gasteiger partial charge in [-0.15, -0.1) is 0 Å². The van der Waals surface area contributed by atoms with Crippen LogP contribution in [-0.4, -0.2) is 0 Å². The van der Waals surface area contributed by atoms with Crippen molar-refractivity contribution in [2.24, 2.45) is 0 Å². The first kappa shape index (κ1) is 18.4. The average molecular weight is 402 g/mol. The van der Waals surface area contributed by atoms with Crippen LogP contribution in [0.2, 0.25) is 5.36 Å². The van der Waals surface area contributed by atoms with Gasteiger partial charge < -0.3 is 0 Å². The van der Waals surface area contributed by atoms with Crippen LogP contribution in [0.25, 0.3) is 0 Å². The number of hydrogen-bond acceptors (Lipinski definition) is 2. The van der Waals surface area contributed by atoms with Gasteiger partial charge in [0.25, 0.3) is 0 Å². The van der Waals surface area contributed by atoms with Gasteiger partial charge in [-0.2, -0.15) is 0 Å². The Morgan fingerprint density at radius 1 is 0.739 bits per heavy atom. The topological polar surface area (TPSA) is 34.1 Å². The molecule has 0 N–H and O–H groups in total. The quantitative estimate of drug-likeness (QED) is 0.634.